The maximum Gasteiger partial charge on any atom is 3.00 e. The van der Waals surface area contributed by atoms with E-state index in [0.29, 0.717) is 0 Å². The second-order valence-electron chi connectivity index (χ2n) is 11.8. The summed E-state index contributed by atoms with van der Waals surface area (Å²) < 4.78 is 0. The van der Waals surface area contributed by atoms with Gasteiger partial charge in [0, 0.05) is 0 Å². The van der Waals surface area contributed by atoms with Crippen LogP contribution in [0.4, 0.5) is 0 Å². The van der Waals surface area contributed by atoms with Gasteiger partial charge in [-0.2, -0.15) is 0 Å². The summed E-state index contributed by atoms with van der Waals surface area (Å²) in [5.74, 6) is 0. The van der Waals surface area contributed by atoms with Crippen LogP contribution < -0.4 is 35.3 Å². The molecule has 2 aliphatic rings. The van der Waals surface area contributed by atoms with Gasteiger partial charge in [-0.1, -0.05) is 143 Å². The maximum atomic E-state index is 3.90. The monoisotopic (exact) mass is 695 g/mol. The first-order chi connectivity index (χ1) is 20.6. The van der Waals surface area contributed by atoms with Crippen LogP contribution in [-0.2, 0) is 26.2 Å². The van der Waals surface area contributed by atoms with Crippen LogP contribution in [0.25, 0.3) is 49.9 Å². The summed E-state index contributed by atoms with van der Waals surface area (Å²) in [6.45, 7) is 6.58. The van der Waals surface area contributed by atoms with Gasteiger partial charge in [0.25, 0.3) is 0 Å². The predicted octanol–water partition coefficient (Wildman–Crippen LogP) is 3.28. The Morgan fingerprint density at radius 2 is 1.09 bits per heavy atom. The van der Waals surface area contributed by atoms with E-state index in [-0.39, 0.29) is 51.0 Å². The zero-order valence-corrected chi connectivity index (χ0v) is 29.5. The standard InChI is InChI=1S/C42H31.2ClH.Zr/c1-26-15-19-29(20-16-26)39(30-21-17-27(2)18-22-30)37-24-23-31-25-38-35-12-5-4-10-33(35)34-11-6-7-13-36(34)42(38)40(31)41(37)32-14-8-9-28(32)3;;;/h4-13,15-24H,14H2,1-3H3;2*1H;/q-1;;;+3/p-2. The first kappa shape index (κ1) is 32.9. The maximum absolute atomic E-state index is 3.90. The summed E-state index contributed by atoms with van der Waals surface area (Å²) in [5.41, 5.74) is 14.2. The molecule has 0 fully saturated rings. The zero-order valence-electron chi connectivity index (χ0n) is 25.5. The quantitative estimate of drug-likeness (QED) is 0.197. The fourth-order valence-corrected chi connectivity index (χ4v) is 6.99. The van der Waals surface area contributed by atoms with E-state index in [4.69, 9.17) is 0 Å². The summed E-state index contributed by atoms with van der Waals surface area (Å²) in [5, 5.41) is 7.63. The SMILES string of the molecule is CC1=C(c2c3c(ccc2=C(c2ccc(C)cc2)c2ccc(C)cc2)=[C-]c2c-3c3ccccc3c3ccccc23)CC=C1.[Cl-].[Cl-].[Zr+3]. The molecule has 0 bridgehead atoms. The van der Waals surface area contributed by atoms with E-state index in [1.165, 1.54) is 93.2 Å². The molecule has 0 amide bonds. The third-order valence-electron chi connectivity index (χ3n) is 9.07. The number of aryl methyl sites for hydroxylation is 2. The predicted molar refractivity (Wildman–Crippen MR) is 179 cm³/mol. The van der Waals surface area contributed by atoms with Crippen LogP contribution in [-0.4, -0.2) is 0 Å². The van der Waals surface area contributed by atoms with Gasteiger partial charge in [0.2, 0.25) is 0 Å². The van der Waals surface area contributed by atoms with Crippen LogP contribution in [0.3, 0.4) is 0 Å². The van der Waals surface area contributed by atoms with Gasteiger partial charge in [-0.3, -0.25) is 0 Å². The van der Waals surface area contributed by atoms with Gasteiger partial charge in [-0.05, 0) is 76.6 Å². The minimum absolute atomic E-state index is 0. The summed E-state index contributed by atoms with van der Waals surface area (Å²) in [7, 11) is 0. The molecule has 0 spiro atoms. The molecule has 45 heavy (non-hydrogen) atoms. The summed E-state index contributed by atoms with van der Waals surface area (Å²) in [6.07, 6.45) is 9.44. The smallest absolute Gasteiger partial charge is 1.00 e. The molecule has 0 heterocycles. The minimum atomic E-state index is 0. The molecule has 217 valence electrons. The molecule has 0 N–H and O–H groups in total. The number of hydrogen-bond donors (Lipinski definition) is 0. The Morgan fingerprint density at radius 1 is 0.556 bits per heavy atom. The Balaban J connectivity index is 0.00000133. The van der Waals surface area contributed by atoms with Crippen LogP contribution in [0.15, 0.2) is 127 Å². The van der Waals surface area contributed by atoms with E-state index in [2.05, 4.69) is 148 Å². The number of halogens is 2. The van der Waals surface area contributed by atoms with Gasteiger partial charge < -0.3 is 24.8 Å². The van der Waals surface area contributed by atoms with E-state index < -0.39 is 0 Å². The van der Waals surface area contributed by atoms with Gasteiger partial charge in [0.15, 0.2) is 0 Å². The van der Waals surface area contributed by atoms with Crippen LogP contribution in [0.2, 0.25) is 0 Å². The molecule has 0 unspecified atom stereocenters. The minimum Gasteiger partial charge on any atom is -1.00 e. The first-order valence-corrected chi connectivity index (χ1v) is 14.8. The van der Waals surface area contributed by atoms with Crippen molar-refractivity contribution in [3.63, 3.8) is 0 Å². The van der Waals surface area contributed by atoms with Crippen LogP contribution in [0.1, 0.15) is 46.7 Å². The zero-order chi connectivity index (χ0) is 28.4. The number of hydrogen-bond acceptors (Lipinski definition) is 0. The van der Waals surface area contributed by atoms with Crippen molar-refractivity contribution in [2.75, 3.05) is 0 Å². The molecule has 1 radical (unpaired) electrons. The van der Waals surface area contributed by atoms with Crippen molar-refractivity contribution in [3.8, 4) is 11.1 Å². The Kier molecular flexibility index (Phi) is 9.58. The summed E-state index contributed by atoms with van der Waals surface area (Å²) >= 11 is 0. The van der Waals surface area contributed by atoms with Crippen molar-refractivity contribution in [1.82, 2.24) is 0 Å². The number of rotatable bonds is 3. The van der Waals surface area contributed by atoms with Crippen molar-refractivity contribution in [2.45, 2.75) is 27.2 Å². The Morgan fingerprint density at radius 3 is 1.64 bits per heavy atom. The number of benzene rings is 6. The molecule has 0 saturated heterocycles. The van der Waals surface area contributed by atoms with Gasteiger partial charge in [-0.15, -0.1) is 28.5 Å². The van der Waals surface area contributed by atoms with Crippen molar-refractivity contribution < 1.29 is 51.0 Å². The van der Waals surface area contributed by atoms with Crippen LogP contribution >= 0.6 is 0 Å². The molecule has 6 aromatic rings. The number of allylic oxidation sites excluding steroid dienone is 4. The summed E-state index contributed by atoms with van der Waals surface area (Å²) in [4.78, 5) is 0. The number of fused-ring (bicyclic) bond motifs is 8. The van der Waals surface area contributed by atoms with E-state index in [9.17, 15) is 0 Å². The molecule has 0 saturated carbocycles. The molecule has 0 aliphatic heterocycles. The topological polar surface area (TPSA) is 0 Å². The third-order valence-corrected chi connectivity index (χ3v) is 9.07. The van der Waals surface area contributed by atoms with E-state index in [0.717, 1.165) is 6.42 Å². The molecule has 0 nitrogen and oxygen atoms in total. The van der Waals surface area contributed by atoms with Gasteiger partial charge in [0.05, 0.1) is 0 Å². The molecule has 8 rings (SSSR count). The van der Waals surface area contributed by atoms with Gasteiger partial charge >= 0.3 is 26.2 Å². The first-order valence-electron chi connectivity index (χ1n) is 14.8. The second kappa shape index (κ2) is 13.1. The van der Waals surface area contributed by atoms with Crippen LogP contribution in [0.5, 0.6) is 0 Å². The van der Waals surface area contributed by atoms with Gasteiger partial charge in [-0.25, -0.2) is 0 Å². The largest absolute Gasteiger partial charge is 3.00 e. The fraction of sp³-hybridized carbons (Fsp3) is 0.0952. The van der Waals surface area contributed by atoms with Crippen molar-refractivity contribution >= 4 is 38.8 Å². The van der Waals surface area contributed by atoms with Crippen molar-refractivity contribution in [2.24, 2.45) is 0 Å². The molecular weight excluding hydrogens is 667 g/mol. The van der Waals surface area contributed by atoms with Crippen molar-refractivity contribution in [3.05, 3.63) is 171 Å². The van der Waals surface area contributed by atoms with E-state index in [1.54, 1.807) is 0 Å². The average Bonchev–Trinajstić information content (AvgIpc) is 3.63. The summed E-state index contributed by atoms with van der Waals surface area (Å²) in [6, 6.07) is 40.4. The average molecular weight is 698 g/mol. The molecule has 6 aromatic carbocycles. The molecule has 3 heteroatoms. The fourth-order valence-electron chi connectivity index (χ4n) is 6.99. The molecular formula is C42H31Cl2Zr. The Labute approximate surface area is 296 Å². The second-order valence-corrected chi connectivity index (χ2v) is 11.8. The third kappa shape index (κ3) is 5.40. The van der Waals surface area contributed by atoms with Crippen molar-refractivity contribution in [1.29, 1.82) is 0 Å². The Hall–Kier alpha value is -3.48. The molecule has 0 aromatic heterocycles. The van der Waals surface area contributed by atoms with E-state index in [1.807, 2.05) is 0 Å². The molecule has 2 aliphatic carbocycles. The normalized spacial score (nSPS) is 12.6. The Bertz CT molecular complexity index is 2220. The molecule has 0 atom stereocenters. The van der Waals surface area contributed by atoms with Crippen LogP contribution in [0, 0.1) is 13.8 Å². The van der Waals surface area contributed by atoms with E-state index >= 15 is 0 Å². The van der Waals surface area contributed by atoms with Gasteiger partial charge in [0.1, 0.15) is 0 Å².